The third-order valence-electron chi connectivity index (χ3n) is 2.90. The first-order chi connectivity index (χ1) is 11.3. The first kappa shape index (κ1) is 17.4. The highest BCUT2D eigenvalue weighted by Crippen LogP contribution is 2.18. The lowest BCUT2D eigenvalue weighted by molar-refractivity contribution is -0.112. The van der Waals surface area contributed by atoms with E-state index in [9.17, 15) is 13.2 Å². The van der Waals surface area contributed by atoms with Gasteiger partial charge in [0.15, 0.2) is 5.82 Å². The topological polar surface area (TPSA) is 110 Å². The molecule has 0 aliphatic heterocycles. The van der Waals surface area contributed by atoms with Gasteiger partial charge < -0.3 is 10.1 Å². The van der Waals surface area contributed by atoms with Crippen LogP contribution in [-0.4, -0.2) is 31.6 Å². The number of sulfonamides is 1. The summed E-state index contributed by atoms with van der Waals surface area (Å²) in [6.45, 7) is 5.10. The quantitative estimate of drug-likeness (QED) is 0.770. The van der Waals surface area contributed by atoms with E-state index in [1.807, 2.05) is 0 Å². The molecule has 0 aliphatic carbocycles. The van der Waals surface area contributed by atoms with Crippen molar-refractivity contribution in [1.82, 2.24) is 10.2 Å². The van der Waals surface area contributed by atoms with Crippen LogP contribution in [-0.2, 0) is 14.8 Å². The highest BCUT2D eigenvalue weighted by Gasteiger charge is 2.15. The number of ether oxygens (including phenoxy) is 1. The van der Waals surface area contributed by atoms with Crippen LogP contribution in [0.2, 0.25) is 0 Å². The molecule has 24 heavy (non-hydrogen) atoms. The van der Waals surface area contributed by atoms with Crippen LogP contribution >= 0.6 is 0 Å². The Hall–Kier alpha value is -2.94. The number of carbonyl (C=O) groups excluding carboxylic acids is 1. The maximum Gasteiger partial charge on any atom is 0.263 e. The molecule has 0 unspecified atom stereocenters. The highest BCUT2D eigenvalue weighted by molar-refractivity contribution is 7.92. The number of carbonyl (C=O) groups is 1. The molecule has 2 N–H and O–H groups in total. The van der Waals surface area contributed by atoms with Crippen molar-refractivity contribution >= 4 is 27.4 Å². The zero-order valence-electron chi connectivity index (χ0n) is 13.1. The molecule has 126 valence electrons. The summed E-state index contributed by atoms with van der Waals surface area (Å²) in [7, 11) is -2.39. The van der Waals surface area contributed by atoms with Crippen LogP contribution in [0.3, 0.4) is 0 Å². The van der Waals surface area contributed by atoms with Gasteiger partial charge in [-0.2, -0.15) is 0 Å². The lowest BCUT2D eigenvalue weighted by atomic mass is 10.3. The van der Waals surface area contributed by atoms with Crippen LogP contribution in [0.4, 0.5) is 11.5 Å². The molecule has 9 heteroatoms. The maximum atomic E-state index is 12.3. The average molecular weight is 348 g/mol. The van der Waals surface area contributed by atoms with E-state index < -0.39 is 10.0 Å². The van der Waals surface area contributed by atoms with Gasteiger partial charge in [-0.25, -0.2) is 8.42 Å². The maximum absolute atomic E-state index is 12.3. The van der Waals surface area contributed by atoms with Crippen LogP contribution in [0.25, 0.3) is 0 Å². The van der Waals surface area contributed by atoms with E-state index in [1.54, 1.807) is 6.92 Å². The Labute approximate surface area is 139 Å². The van der Waals surface area contributed by atoms with Gasteiger partial charge in [0, 0.05) is 17.3 Å². The van der Waals surface area contributed by atoms with Crippen molar-refractivity contribution in [2.45, 2.75) is 11.8 Å². The Kier molecular flexibility index (Phi) is 5.14. The number of anilines is 2. The molecule has 2 rings (SSSR count). The molecule has 1 amide bonds. The summed E-state index contributed by atoms with van der Waals surface area (Å²) in [6, 6.07) is 8.62. The third kappa shape index (κ3) is 4.29. The first-order valence-corrected chi connectivity index (χ1v) is 8.27. The highest BCUT2D eigenvalue weighted by atomic mass is 32.2. The molecule has 0 aliphatic rings. The molecule has 0 saturated carbocycles. The molecule has 0 spiro atoms. The van der Waals surface area contributed by atoms with Crippen molar-refractivity contribution in [2.75, 3.05) is 17.1 Å². The minimum absolute atomic E-state index is 0.0217. The molecule has 2 aromatic rings. The van der Waals surface area contributed by atoms with E-state index in [0.29, 0.717) is 11.3 Å². The Balaban J connectivity index is 2.13. The zero-order valence-corrected chi connectivity index (χ0v) is 13.9. The fourth-order valence-corrected chi connectivity index (χ4v) is 2.63. The van der Waals surface area contributed by atoms with Gasteiger partial charge in [-0.3, -0.25) is 9.52 Å². The summed E-state index contributed by atoms with van der Waals surface area (Å²) in [4.78, 5) is 11.5. The lowest BCUT2D eigenvalue weighted by Crippen LogP contribution is -2.15. The summed E-state index contributed by atoms with van der Waals surface area (Å²) < 4.78 is 31.7. The molecule has 0 atom stereocenters. The van der Waals surface area contributed by atoms with Gasteiger partial charge in [0.25, 0.3) is 15.9 Å². The largest absolute Gasteiger partial charge is 0.480 e. The van der Waals surface area contributed by atoms with Gasteiger partial charge in [-0.15, -0.1) is 10.2 Å². The second-order valence-electron chi connectivity index (χ2n) is 4.83. The molecule has 0 bridgehead atoms. The summed E-state index contributed by atoms with van der Waals surface area (Å²) in [5.74, 6) is 0.00301. The fraction of sp³-hybridized carbons (Fsp3) is 0.133. The zero-order chi connectivity index (χ0) is 17.7. The normalized spacial score (nSPS) is 10.8. The van der Waals surface area contributed by atoms with E-state index in [0.717, 1.165) is 0 Å². The molecular weight excluding hydrogens is 332 g/mol. The molecule has 1 heterocycles. The first-order valence-electron chi connectivity index (χ1n) is 6.79. The Morgan fingerprint density at radius 2 is 1.79 bits per heavy atom. The van der Waals surface area contributed by atoms with Gasteiger partial charge in [0.05, 0.1) is 12.0 Å². The summed E-state index contributed by atoms with van der Waals surface area (Å²) in [5, 5.41) is 9.98. The van der Waals surface area contributed by atoms with E-state index >= 15 is 0 Å². The Bertz CT molecular complexity index is 846. The summed E-state index contributed by atoms with van der Waals surface area (Å²) >= 11 is 0. The predicted molar refractivity (Wildman–Crippen MR) is 89.3 cm³/mol. The van der Waals surface area contributed by atoms with E-state index in [1.165, 1.54) is 43.5 Å². The number of hydrogen-bond acceptors (Lipinski definition) is 6. The molecular formula is C15H16N4O4S. The second-order valence-corrected chi connectivity index (χ2v) is 6.51. The van der Waals surface area contributed by atoms with Gasteiger partial charge >= 0.3 is 0 Å². The van der Waals surface area contributed by atoms with Crippen molar-refractivity contribution in [3.05, 3.63) is 48.6 Å². The monoisotopic (exact) mass is 348 g/mol. The van der Waals surface area contributed by atoms with Gasteiger partial charge in [-0.05, 0) is 37.3 Å². The molecule has 1 aromatic carbocycles. The number of amides is 1. The third-order valence-corrected chi connectivity index (χ3v) is 4.27. The Morgan fingerprint density at radius 3 is 2.29 bits per heavy atom. The van der Waals surface area contributed by atoms with Crippen LogP contribution < -0.4 is 14.8 Å². The molecule has 0 fully saturated rings. The number of hydrogen-bond donors (Lipinski definition) is 2. The fourth-order valence-electron chi connectivity index (χ4n) is 1.64. The van der Waals surface area contributed by atoms with Crippen molar-refractivity contribution in [1.29, 1.82) is 0 Å². The van der Waals surface area contributed by atoms with Crippen molar-refractivity contribution in [2.24, 2.45) is 0 Å². The SMILES string of the molecule is C=C(C)C(=O)Nc1ccc(S(=O)(=O)Nc2ccc(OC)nn2)cc1. The van der Waals surface area contributed by atoms with Crippen molar-refractivity contribution < 1.29 is 17.9 Å². The van der Waals surface area contributed by atoms with Gasteiger partial charge in [0.1, 0.15) is 0 Å². The number of aromatic nitrogens is 2. The van der Waals surface area contributed by atoms with Crippen LogP contribution in [0.5, 0.6) is 5.88 Å². The molecule has 1 aromatic heterocycles. The van der Waals surface area contributed by atoms with Gasteiger partial charge in [0.2, 0.25) is 5.88 Å². The summed E-state index contributed by atoms with van der Waals surface area (Å²) in [5.41, 5.74) is 0.817. The van der Waals surface area contributed by atoms with E-state index in [2.05, 4.69) is 26.8 Å². The standard InChI is InChI=1S/C15H16N4O4S/c1-10(2)15(20)16-11-4-6-12(7-5-11)24(21,22)19-13-8-9-14(23-3)18-17-13/h4-9H,1H2,2-3H3,(H,16,20)(H,17,19). The number of nitrogens with zero attached hydrogens (tertiary/aromatic N) is 2. The van der Waals surface area contributed by atoms with E-state index in [-0.39, 0.29) is 22.5 Å². The molecule has 0 radical (unpaired) electrons. The number of methoxy groups -OCH3 is 1. The second kappa shape index (κ2) is 7.09. The van der Waals surface area contributed by atoms with Crippen molar-refractivity contribution in [3.63, 3.8) is 0 Å². The molecule has 0 saturated heterocycles. The number of rotatable bonds is 6. The van der Waals surface area contributed by atoms with Crippen LogP contribution in [0, 0.1) is 0 Å². The smallest absolute Gasteiger partial charge is 0.263 e. The average Bonchev–Trinajstić information content (AvgIpc) is 2.55. The van der Waals surface area contributed by atoms with E-state index in [4.69, 9.17) is 4.74 Å². The predicted octanol–water partition coefficient (Wildman–Crippen LogP) is 1.80. The minimum atomic E-state index is -3.82. The molecule has 8 nitrogen and oxygen atoms in total. The van der Waals surface area contributed by atoms with Crippen LogP contribution in [0.1, 0.15) is 6.92 Å². The minimum Gasteiger partial charge on any atom is -0.480 e. The Morgan fingerprint density at radius 1 is 1.12 bits per heavy atom. The number of benzene rings is 1. The van der Waals surface area contributed by atoms with Crippen molar-refractivity contribution in [3.8, 4) is 5.88 Å². The number of nitrogens with one attached hydrogen (secondary N) is 2. The summed E-state index contributed by atoms with van der Waals surface area (Å²) in [6.07, 6.45) is 0. The lowest BCUT2D eigenvalue weighted by Gasteiger charge is -2.09. The van der Waals surface area contributed by atoms with Crippen LogP contribution in [0.15, 0.2) is 53.4 Å². The van der Waals surface area contributed by atoms with Gasteiger partial charge in [-0.1, -0.05) is 6.58 Å².